The summed E-state index contributed by atoms with van der Waals surface area (Å²) in [5.41, 5.74) is 1.59. The summed E-state index contributed by atoms with van der Waals surface area (Å²) in [5.74, 6) is 0.0710. The lowest BCUT2D eigenvalue weighted by Gasteiger charge is -2.10. The van der Waals surface area contributed by atoms with Crippen molar-refractivity contribution in [1.29, 1.82) is 0 Å². The molecule has 0 aliphatic heterocycles. The van der Waals surface area contributed by atoms with Crippen LogP contribution in [0.1, 0.15) is 17.3 Å². The maximum absolute atomic E-state index is 12.7. The highest BCUT2D eigenvalue weighted by Crippen LogP contribution is 2.37. The van der Waals surface area contributed by atoms with E-state index in [1.807, 2.05) is 12.1 Å². The minimum Gasteiger partial charge on any atom is -0.497 e. The predicted octanol–water partition coefficient (Wildman–Crippen LogP) is 4.72. The summed E-state index contributed by atoms with van der Waals surface area (Å²) in [7, 11) is 1.58. The number of esters is 1. The molecule has 0 bridgehead atoms. The van der Waals surface area contributed by atoms with E-state index in [2.05, 4.69) is 5.32 Å². The molecule has 1 N–H and O–H groups in total. The highest BCUT2D eigenvalue weighted by atomic mass is 32.1. The van der Waals surface area contributed by atoms with Crippen molar-refractivity contribution >= 4 is 39.2 Å². The fourth-order valence-electron chi connectivity index (χ4n) is 3.28. The first-order valence-corrected chi connectivity index (χ1v) is 11.3. The van der Waals surface area contributed by atoms with Crippen molar-refractivity contribution in [3.63, 3.8) is 0 Å². The largest absolute Gasteiger partial charge is 0.497 e. The zero-order valence-corrected chi connectivity index (χ0v) is 19.3. The van der Waals surface area contributed by atoms with Crippen LogP contribution >= 0.6 is 11.3 Å². The van der Waals surface area contributed by atoms with Crippen LogP contribution in [0.5, 0.6) is 11.5 Å². The summed E-state index contributed by atoms with van der Waals surface area (Å²) < 4.78 is 21.1. The first-order chi connectivity index (χ1) is 16.5. The van der Waals surface area contributed by atoms with Crippen LogP contribution in [0.15, 0.2) is 69.2 Å². The SMILES string of the molecule is CCOC(=O)c1c(-c2ccc(OC)cc2)csc1NC(=O)COc1ccc2ccc(=O)oc2c1. The Morgan fingerprint density at radius 2 is 1.76 bits per heavy atom. The number of hydrogen-bond donors (Lipinski definition) is 1. The monoisotopic (exact) mass is 479 g/mol. The lowest BCUT2D eigenvalue weighted by Crippen LogP contribution is -2.21. The standard InChI is InChI=1S/C25H21NO7S/c1-3-31-25(29)23-19(15-4-8-17(30-2)9-5-15)14-34-24(23)26-21(27)13-32-18-10-6-16-7-11-22(28)33-20(16)12-18/h4-12,14H,3,13H2,1-2H3,(H,26,27). The summed E-state index contributed by atoms with van der Waals surface area (Å²) in [4.78, 5) is 36.7. The van der Waals surface area contributed by atoms with E-state index in [1.54, 1.807) is 55.8 Å². The second kappa shape index (κ2) is 10.2. The molecule has 9 heteroatoms. The van der Waals surface area contributed by atoms with Crippen molar-refractivity contribution < 1.29 is 28.2 Å². The Morgan fingerprint density at radius 1 is 1.03 bits per heavy atom. The Morgan fingerprint density at radius 3 is 2.50 bits per heavy atom. The number of rotatable bonds is 8. The second-order valence-electron chi connectivity index (χ2n) is 7.09. The number of benzene rings is 2. The van der Waals surface area contributed by atoms with Gasteiger partial charge in [0.2, 0.25) is 0 Å². The number of methoxy groups -OCH3 is 1. The average Bonchev–Trinajstić information content (AvgIpc) is 3.26. The molecule has 2 aromatic carbocycles. The van der Waals surface area contributed by atoms with Gasteiger partial charge in [0, 0.05) is 28.5 Å². The summed E-state index contributed by atoms with van der Waals surface area (Å²) >= 11 is 1.22. The van der Waals surface area contributed by atoms with E-state index >= 15 is 0 Å². The molecular weight excluding hydrogens is 458 g/mol. The molecule has 174 valence electrons. The summed E-state index contributed by atoms with van der Waals surface area (Å²) in [6.45, 7) is 1.61. The number of hydrogen-bond acceptors (Lipinski definition) is 8. The first kappa shape index (κ1) is 23.1. The average molecular weight is 480 g/mol. The molecule has 2 aromatic heterocycles. The molecule has 2 heterocycles. The van der Waals surface area contributed by atoms with Crippen molar-refractivity contribution in [3.05, 3.63) is 76.0 Å². The lowest BCUT2D eigenvalue weighted by atomic mass is 10.0. The van der Waals surface area contributed by atoms with Crippen molar-refractivity contribution in [3.8, 4) is 22.6 Å². The highest BCUT2D eigenvalue weighted by molar-refractivity contribution is 7.15. The van der Waals surface area contributed by atoms with Gasteiger partial charge in [-0.2, -0.15) is 0 Å². The van der Waals surface area contributed by atoms with E-state index in [1.165, 1.54) is 17.4 Å². The number of thiophene rings is 1. The second-order valence-corrected chi connectivity index (χ2v) is 7.97. The molecule has 0 atom stereocenters. The van der Waals surface area contributed by atoms with E-state index in [0.29, 0.717) is 27.6 Å². The highest BCUT2D eigenvalue weighted by Gasteiger charge is 2.23. The van der Waals surface area contributed by atoms with Gasteiger partial charge in [-0.1, -0.05) is 12.1 Å². The van der Waals surface area contributed by atoms with Gasteiger partial charge in [-0.25, -0.2) is 9.59 Å². The van der Waals surface area contributed by atoms with Gasteiger partial charge in [-0.15, -0.1) is 11.3 Å². The van der Waals surface area contributed by atoms with E-state index in [0.717, 1.165) is 10.9 Å². The van der Waals surface area contributed by atoms with Gasteiger partial charge < -0.3 is 23.9 Å². The molecule has 0 saturated carbocycles. The third-order valence-corrected chi connectivity index (χ3v) is 5.78. The van der Waals surface area contributed by atoms with E-state index in [4.69, 9.17) is 18.6 Å². The third-order valence-electron chi connectivity index (χ3n) is 4.89. The summed E-state index contributed by atoms with van der Waals surface area (Å²) in [6.07, 6.45) is 0. The van der Waals surface area contributed by atoms with Crippen LogP contribution in [0.4, 0.5) is 5.00 Å². The molecular formula is C25H21NO7S. The fourth-order valence-corrected chi connectivity index (χ4v) is 4.25. The van der Waals surface area contributed by atoms with E-state index < -0.39 is 17.5 Å². The molecule has 0 radical (unpaired) electrons. The fraction of sp³-hybridized carbons (Fsp3) is 0.160. The number of anilines is 1. The molecule has 0 fully saturated rings. The molecule has 0 saturated heterocycles. The Hall–Kier alpha value is -4.11. The van der Waals surface area contributed by atoms with Gasteiger partial charge in [0.1, 0.15) is 27.6 Å². The summed E-state index contributed by atoms with van der Waals surface area (Å²) in [6, 6.07) is 15.2. The van der Waals surface area contributed by atoms with Crippen LogP contribution in [0.3, 0.4) is 0 Å². The number of amides is 1. The number of carbonyl (C=O) groups excluding carboxylic acids is 2. The van der Waals surface area contributed by atoms with Crippen molar-refractivity contribution in [2.75, 3.05) is 25.6 Å². The molecule has 0 aliphatic rings. The molecule has 8 nitrogen and oxygen atoms in total. The Labute approximate surface area is 198 Å². The van der Waals surface area contributed by atoms with Gasteiger partial charge in [-0.3, -0.25) is 4.79 Å². The molecule has 4 aromatic rings. The quantitative estimate of drug-likeness (QED) is 0.288. The van der Waals surface area contributed by atoms with E-state index in [-0.39, 0.29) is 18.8 Å². The number of ether oxygens (including phenoxy) is 3. The van der Waals surface area contributed by atoms with Crippen LogP contribution in [-0.2, 0) is 9.53 Å². The summed E-state index contributed by atoms with van der Waals surface area (Å²) in [5, 5.41) is 5.62. The van der Waals surface area contributed by atoms with Gasteiger partial charge in [0.15, 0.2) is 6.61 Å². The van der Waals surface area contributed by atoms with Gasteiger partial charge in [0.25, 0.3) is 5.91 Å². The zero-order valence-electron chi connectivity index (χ0n) is 18.5. The van der Waals surface area contributed by atoms with Crippen LogP contribution in [0, 0.1) is 0 Å². The zero-order chi connectivity index (χ0) is 24.1. The van der Waals surface area contributed by atoms with Gasteiger partial charge in [-0.05, 0) is 42.8 Å². The number of fused-ring (bicyclic) bond motifs is 1. The minimum atomic E-state index is -0.532. The molecule has 4 rings (SSSR count). The maximum atomic E-state index is 12.7. The Balaban J connectivity index is 1.52. The molecule has 1 amide bonds. The first-order valence-electron chi connectivity index (χ1n) is 10.4. The van der Waals surface area contributed by atoms with Gasteiger partial charge >= 0.3 is 11.6 Å². The van der Waals surface area contributed by atoms with Crippen molar-refractivity contribution in [1.82, 2.24) is 0 Å². The van der Waals surface area contributed by atoms with Crippen LogP contribution in [-0.4, -0.2) is 32.2 Å². The molecule has 0 aliphatic carbocycles. The van der Waals surface area contributed by atoms with Gasteiger partial charge in [0.05, 0.1) is 13.7 Å². The number of carbonyl (C=O) groups is 2. The normalized spacial score (nSPS) is 10.6. The molecule has 34 heavy (non-hydrogen) atoms. The Bertz CT molecular complexity index is 1390. The lowest BCUT2D eigenvalue weighted by molar-refractivity contribution is -0.118. The molecule has 0 unspecified atom stereocenters. The maximum Gasteiger partial charge on any atom is 0.341 e. The Kier molecular flexibility index (Phi) is 6.93. The topological polar surface area (TPSA) is 104 Å². The van der Waals surface area contributed by atoms with Crippen LogP contribution in [0.25, 0.3) is 22.1 Å². The smallest absolute Gasteiger partial charge is 0.341 e. The third kappa shape index (κ3) is 5.10. The van der Waals surface area contributed by atoms with Crippen LogP contribution < -0.4 is 20.4 Å². The predicted molar refractivity (Wildman–Crippen MR) is 129 cm³/mol. The van der Waals surface area contributed by atoms with Crippen LogP contribution in [0.2, 0.25) is 0 Å². The molecule has 0 spiro atoms. The number of nitrogens with one attached hydrogen (secondary N) is 1. The van der Waals surface area contributed by atoms with Crippen molar-refractivity contribution in [2.45, 2.75) is 6.92 Å². The van der Waals surface area contributed by atoms with E-state index in [9.17, 15) is 14.4 Å². The minimum absolute atomic E-state index is 0.200. The van der Waals surface area contributed by atoms with Crippen molar-refractivity contribution in [2.24, 2.45) is 0 Å².